The highest BCUT2D eigenvalue weighted by molar-refractivity contribution is 5.88. The molecule has 0 saturated carbocycles. The average Bonchev–Trinajstić information content (AvgIpc) is 2.97. The summed E-state index contributed by atoms with van der Waals surface area (Å²) < 4.78 is 5.97. The van der Waals surface area contributed by atoms with Crippen molar-refractivity contribution < 1.29 is 9.53 Å². The Balaban J connectivity index is 1.37. The lowest BCUT2D eigenvalue weighted by Crippen LogP contribution is -2.69. The number of carbonyl (C=O) groups is 1. The van der Waals surface area contributed by atoms with Gasteiger partial charge in [-0.15, -0.1) is 6.42 Å². The van der Waals surface area contributed by atoms with Gasteiger partial charge in [0, 0.05) is 37.4 Å². The Morgan fingerprint density at radius 3 is 2.23 bits per heavy atom. The van der Waals surface area contributed by atoms with Gasteiger partial charge in [-0.3, -0.25) is 9.69 Å². The zero-order chi connectivity index (χ0) is 27.8. The summed E-state index contributed by atoms with van der Waals surface area (Å²) in [5.41, 5.74) is 2.73. The lowest BCUT2D eigenvalue weighted by molar-refractivity contribution is -0.140. The largest absolute Gasteiger partial charge is 0.457 e. The maximum absolute atomic E-state index is 13.7. The monoisotopic (exact) mass is 527 g/mol. The molecule has 2 saturated heterocycles. The molecule has 1 spiro atoms. The molecule has 208 valence electrons. The minimum Gasteiger partial charge on any atom is -0.457 e. The fourth-order valence-electron chi connectivity index (χ4n) is 6.04. The van der Waals surface area contributed by atoms with Gasteiger partial charge in [-0.2, -0.15) is 0 Å². The molecule has 2 aromatic rings. The van der Waals surface area contributed by atoms with E-state index in [1.165, 1.54) is 5.56 Å². The van der Waals surface area contributed by atoms with Crippen LogP contribution in [0, 0.1) is 18.3 Å². The Morgan fingerprint density at radius 2 is 1.67 bits per heavy atom. The van der Waals surface area contributed by atoms with Gasteiger partial charge in [0.05, 0.1) is 6.04 Å². The maximum Gasteiger partial charge on any atom is 0.246 e. The molecule has 0 unspecified atom stereocenters. The molecule has 5 heteroatoms. The Hall–Kier alpha value is -3.23. The van der Waals surface area contributed by atoms with Crippen LogP contribution >= 0.6 is 0 Å². The van der Waals surface area contributed by atoms with E-state index in [0.29, 0.717) is 5.92 Å². The molecule has 0 bridgehead atoms. The van der Waals surface area contributed by atoms with E-state index in [-0.39, 0.29) is 11.9 Å². The van der Waals surface area contributed by atoms with Gasteiger partial charge in [0.15, 0.2) is 0 Å². The van der Waals surface area contributed by atoms with Crippen molar-refractivity contribution in [2.45, 2.75) is 83.8 Å². The summed E-state index contributed by atoms with van der Waals surface area (Å²) in [6.07, 6.45) is 12.5. The van der Waals surface area contributed by atoms with E-state index >= 15 is 0 Å². The molecule has 2 heterocycles. The number of benzene rings is 2. The SMILES string of the molecule is C#Cc1ccc(Oc2ccc(CN3CCC4(CC3)C(=O)N[C@@H](CC(CC)CC)C(=C)N4CCCC)cc2)cc1. The first-order valence-electron chi connectivity index (χ1n) is 14.8. The molecule has 1 atom stereocenters. The van der Waals surface area contributed by atoms with Crippen LogP contribution in [-0.2, 0) is 11.3 Å². The van der Waals surface area contributed by atoms with Gasteiger partial charge < -0.3 is 15.0 Å². The topological polar surface area (TPSA) is 44.8 Å². The van der Waals surface area contributed by atoms with Crippen molar-refractivity contribution in [3.63, 3.8) is 0 Å². The zero-order valence-corrected chi connectivity index (χ0v) is 24.0. The summed E-state index contributed by atoms with van der Waals surface area (Å²) in [6.45, 7) is 14.8. The van der Waals surface area contributed by atoms with Gasteiger partial charge in [-0.1, -0.05) is 64.7 Å². The molecule has 0 radical (unpaired) electrons. The van der Waals surface area contributed by atoms with Crippen LogP contribution in [0.5, 0.6) is 11.5 Å². The van der Waals surface area contributed by atoms with E-state index in [0.717, 1.165) is 93.9 Å². The van der Waals surface area contributed by atoms with Gasteiger partial charge in [0.2, 0.25) is 5.91 Å². The minimum absolute atomic E-state index is 0.0545. The van der Waals surface area contributed by atoms with E-state index in [1.807, 2.05) is 36.4 Å². The van der Waals surface area contributed by atoms with Crippen LogP contribution in [0.25, 0.3) is 0 Å². The number of hydrogen-bond donors (Lipinski definition) is 1. The highest BCUT2D eigenvalue weighted by atomic mass is 16.5. The fourth-order valence-corrected chi connectivity index (χ4v) is 6.04. The van der Waals surface area contributed by atoms with E-state index in [4.69, 9.17) is 11.2 Å². The normalized spacial score (nSPS) is 19.3. The van der Waals surface area contributed by atoms with Crippen molar-refractivity contribution in [1.82, 2.24) is 15.1 Å². The number of hydrogen-bond acceptors (Lipinski definition) is 4. The molecule has 0 aliphatic carbocycles. The van der Waals surface area contributed by atoms with Gasteiger partial charge >= 0.3 is 0 Å². The number of nitrogens with zero attached hydrogens (tertiary/aromatic N) is 2. The maximum atomic E-state index is 13.7. The van der Waals surface area contributed by atoms with Gasteiger partial charge in [0.25, 0.3) is 0 Å². The number of amides is 1. The first kappa shape index (κ1) is 28.8. The Kier molecular flexibility index (Phi) is 9.75. The number of nitrogens with one attached hydrogen (secondary N) is 1. The second-order valence-corrected chi connectivity index (χ2v) is 11.2. The Labute approximate surface area is 235 Å². The van der Waals surface area contributed by atoms with Crippen LogP contribution in [-0.4, -0.2) is 46.9 Å². The molecule has 2 fully saturated rings. The van der Waals surface area contributed by atoms with Crippen LogP contribution in [0.2, 0.25) is 0 Å². The first-order chi connectivity index (χ1) is 18.9. The van der Waals surface area contributed by atoms with Crippen LogP contribution in [0.4, 0.5) is 0 Å². The van der Waals surface area contributed by atoms with Crippen molar-refractivity contribution in [2.75, 3.05) is 19.6 Å². The van der Waals surface area contributed by atoms with E-state index < -0.39 is 5.54 Å². The van der Waals surface area contributed by atoms with Crippen LogP contribution in [0.3, 0.4) is 0 Å². The van der Waals surface area contributed by atoms with Crippen molar-refractivity contribution in [2.24, 2.45) is 5.92 Å². The van der Waals surface area contributed by atoms with Crippen molar-refractivity contribution in [3.8, 4) is 23.8 Å². The molecule has 0 aromatic heterocycles. The number of ether oxygens (including phenoxy) is 1. The summed E-state index contributed by atoms with van der Waals surface area (Å²) in [6, 6.07) is 15.9. The third-order valence-electron chi connectivity index (χ3n) is 8.72. The second-order valence-electron chi connectivity index (χ2n) is 11.2. The smallest absolute Gasteiger partial charge is 0.246 e. The standard InChI is InChI=1S/C34H45N3O2/c1-6-10-21-37-26(5)32(24-27(7-2)8-3)35-33(38)34(37)19-22-36(23-20-34)25-29-13-17-31(18-14-29)39-30-15-11-28(9-4)12-16-30/h4,11-18,27,32H,5-8,10,19-25H2,1-3H3,(H,35,38)/t32-/m0/s1. The van der Waals surface area contributed by atoms with Crippen LogP contribution < -0.4 is 10.1 Å². The third kappa shape index (κ3) is 6.68. The lowest BCUT2D eigenvalue weighted by Gasteiger charge is -2.54. The van der Waals surface area contributed by atoms with Gasteiger partial charge in [-0.05, 0) is 73.6 Å². The van der Waals surface area contributed by atoms with Crippen LogP contribution in [0.15, 0.2) is 60.8 Å². The molecular formula is C34H45N3O2. The molecule has 5 nitrogen and oxygen atoms in total. The van der Waals surface area contributed by atoms with Crippen molar-refractivity contribution >= 4 is 5.91 Å². The Bertz CT molecular complexity index is 1140. The highest BCUT2D eigenvalue weighted by Crippen LogP contribution is 2.38. The number of piperazine rings is 1. The second kappa shape index (κ2) is 13.2. The molecule has 2 aromatic carbocycles. The third-order valence-corrected chi connectivity index (χ3v) is 8.72. The summed E-state index contributed by atoms with van der Waals surface area (Å²) in [4.78, 5) is 18.6. The van der Waals surface area contributed by atoms with Gasteiger partial charge in [0.1, 0.15) is 17.0 Å². The molecule has 1 amide bonds. The molecule has 1 N–H and O–H groups in total. The number of carbonyl (C=O) groups excluding carboxylic acids is 1. The number of piperidine rings is 1. The summed E-state index contributed by atoms with van der Waals surface area (Å²) >= 11 is 0. The molecule has 2 aliphatic rings. The molecule has 39 heavy (non-hydrogen) atoms. The summed E-state index contributed by atoms with van der Waals surface area (Å²) in [5, 5.41) is 3.41. The average molecular weight is 528 g/mol. The van der Waals surface area contributed by atoms with E-state index in [1.54, 1.807) is 0 Å². The number of unbranched alkanes of at least 4 members (excludes halogenated alkanes) is 1. The van der Waals surface area contributed by atoms with E-state index in [2.05, 4.69) is 60.5 Å². The minimum atomic E-state index is -0.472. The lowest BCUT2D eigenvalue weighted by atomic mass is 9.79. The first-order valence-corrected chi connectivity index (χ1v) is 14.8. The van der Waals surface area contributed by atoms with Crippen LogP contribution in [0.1, 0.15) is 76.8 Å². The van der Waals surface area contributed by atoms with Crippen molar-refractivity contribution in [3.05, 3.63) is 71.9 Å². The van der Waals surface area contributed by atoms with Crippen molar-refractivity contribution in [1.29, 1.82) is 0 Å². The predicted molar refractivity (Wildman–Crippen MR) is 160 cm³/mol. The fraction of sp³-hybridized carbons (Fsp3) is 0.500. The number of likely N-dealkylation sites (tertiary alicyclic amines) is 1. The quantitative estimate of drug-likeness (QED) is 0.329. The summed E-state index contributed by atoms with van der Waals surface area (Å²) in [7, 11) is 0. The number of terminal acetylenes is 1. The molecular weight excluding hydrogens is 482 g/mol. The zero-order valence-electron chi connectivity index (χ0n) is 24.0. The molecule has 4 rings (SSSR count). The molecule has 2 aliphatic heterocycles. The summed E-state index contributed by atoms with van der Waals surface area (Å²) in [5.74, 6) is 5.01. The number of rotatable bonds is 11. The highest BCUT2D eigenvalue weighted by Gasteiger charge is 2.51. The van der Waals surface area contributed by atoms with E-state index in [9.17, 15) is 4.79 Å². The predicted octanol–water partition coefficient (Wildman–Crippen LogP) is 6.74. The Morgan fingerprint density at radius 1 is 1.05 bits per heavy atom. The van der Waals surface area contributed by atoms with Gasteiger partial charge in [-0.25, -0.2) is 0 Å².